The van der Waals surface area contributed by atoms with Gasteiger partial charge in [-0.15, -0.1) is 21.8 Å². The van der Waals surface area contributed by atoms with Crippen molar-refractivity contribution in [3.05, 3.63) is 35.2 Å². The van der Waals surface area contributed by atoms with Crippen LogP contribution in [0.15, 0.2) is 18.2 Å². The molecule has 0 saturated heterocycles. The molecule has 1 aromatic carbocycles. The number of alkyl halides is 1. The molecule has 1 aromatic heterocycles. The third kappa shape index (κ3) is 3.97. The number of tetrazole rings is 1. The van der Waals surface area contributed by atoms with Crippen LogP contribution >= 0.6 is 11.6 Å². The zero-order chi connectivity index (χ0) is 14.4. The van der Waals surface area contributed by atoms with Crippen molar-refractivity contribution in [3.63, 3.8) is 0 Å². The zero-order valence-corrected chi connectivity index (χ0v) is 12.2. The summed E-state index contributed by atoms with van der Waals surface area (Å²) in [4.78, 5) is 1.40. The van der Waals surface area contributed by atoms with Gasteiger partial charge in [0.15, 0.2) is 6.61 Å². The molecule has 0 unspecified atom stereocenters. The lowest BCUT2D eigenvalue weighted by Crippen LogP contribution is -2.00. The van der Waals surface area contributed by atoms with Crippen LogP contribution in [0.5, 0.6) is 5.75 Å². The van der Waals surface area contributed by atoms with E-state index in [-0.39, 0.29) is 6.61 Å². The van der Waals surface area contributed by atoms with Crippen LogP contribution in [0.4, 0.5) is 0 Å². The molecule has 20 heavy (non-hydrogen) atoms. The number of aromatic nitrogens is 4. The third-order valence-corrected chi connectivity index (χ3v) is 2.67. The Morgan fingerprint density at radius 3 is 2.95 bits per heavy atom. The Bertz CT molecular complexity index is 642. The summed E-state index contributed by atoms with van der Waals surface area (Å²) in [5, 5.41) is 11.7. The maximum atomic E-state index is 5.71. The first-order chi connectivity index (χ1) is 9.69. The van der Waals surface area contributed by atoms with Crippen LogP contribution in [0.1, 0.15) is 23.4 Å². The van der Waals surface area contributed by atoms with Gasteiger partial charge in [0.2, 0.25) is 5.82 Å². The Hall–Kier alpha value is -2.06. The Morgan fingerprint density at radius 1 is 1.40 bits per heavy atom. The third-order valence-electron chi connectivity index (χ3n) is 2.48. The van der Waals surface area contributed by atoms with Gasteiger partial charge in [-0.2, -0.15) is 4.80 Å². The maximum absolute atomic E-state index is 5.71. The molecule has 0 saturated carbocycles. The van der Waals surface area contributed by atoms with Crippen LogP contribution in [0.2, 0.25) is 0 Å². The monoisotopic (exact) mass is 290 g/mol. The molecular formula is C14H15ClN4O. The highest BCUT2D eigenvalue weighted by Crippen LogP contribution is 2.19. The number of nitrogens with zero attached hydrogens (tertiary/aromatic N) is 4. The topological polar surface area (TPSA) is 52.8 Å². The number of benzene rings is 1. The fourth-order valence-electron chi connectivity index (χ4n) is 1.60. The molecule has 0 bridgehead atoms. The summed E-state index contributed by atoms with van der Waals surface area (Å²) in [5.74, 6) is 7.86. The second-order valence-corrected chi connectivity index (χ2v) is 4.60. The highest BCUT2D eigenvalue weighted by Gasteiger charge is 2.05. The Morgan fingerprint density at radius 2 is 2.25 bits per heavy atom. The lowest BCUT2D eigenvalue weighted by atomic mass is 10.1. The molecule has 2 rings (SSSR count). The lowest BCUT2D eigenvalue weighted by Gasteiger charge is -2.06. The SMILES string of the molecule is Cc1ccc(OCc2nnn(C)n2)c(C#CCCCl)c1. The zero-order valence-electron chi connectivity index (χ0n) is 11.4. The Balaban J connectivity index is 2.12. The number of rotatable bonds is 4. The van der Waals surface area contributed by atoms with E-state index < -0.39 is 0 Å². The number of hydrogen-bond donors (Lipinski definition) is 0. The van der Waals surface area contributed by atoms with Gasteiger partial charge in [0.25, 0.3) is 0 Å². The van der Waals surface area contributed by atoms with Gasteiger partial charge in [-0.25, -0.2) is 0 Å². The minimum Gasteiger partial charge on any atom is -0.484 e. The van der Waals surface area contributed by atoms with Crippen LogP contribution in [0.3, 0.4) is 0 Å². The van der Waals surface area contributed by atoms with E-state index in [2.05, 4.69) is 27.3 Å². The first-order valence-electron chi connectivity index (χ1n) is 6.20. The number of ether oxygens (including phenoxy) is 1. The van der Waals surface area contributed by atoms with E-state index in [0.29, 0.717) is 23.9 Å². The van der Waals surface area contributed by atoms with Crippen molar-refractivity contribution < 1.29 is 4.74 Å². The molecule has 2 aromatic rings. The van der Waals surface area contributed by atoms with E-state index in [1.165, 1.54) is 4.80 Å². The van der Waals surface area contributed by atoms with Crippen LogP contribution in [0, 0.1) is 18.8 Å². The first kappa shape index (κ1) is 14.4. The molecule has 1 heterocycles. The molecule has 0 radical (unpaired) electrons. The lowest BCUT2D eigenvalue weighted by molar-refractivity contribution is 0.294. The van der Waals surface area contributed by atoms with Crippen molar-refractivity contribution in [2.24, 2.45) is 7.05 Å². The summed E-state index contributed by atoms with van der Waals surface area (Å²) in [5.41, 5.74) is 1.98. The maximum Gasteiger partial charge on any atom is 0.212 e. The van der Waals surface area contributed by atoms with Crippen molar-refractivity contribution in [2.75, 3.05) is 5.88 Å². The van der Waals surface area contributed by atoms with E-state index in [1.807, 2.05) is 25.1 Å². The van der Waals surface area contributed by atoms with Crippen LogP contribution in [-0.2, 0) is 13.7 Å². The second kappa shape index (κ2) is 6.92. The molecular weight excluding hydrogens is 276 g/mol. The highest BCUT2D eigenvalue weighted by molar-refractivity contribution is 6.18. The second-order valence-electron chi connectivity index (χ2n) is 4.22. The van der Waals surface area contributed by atoms with Crippen molar-refractivity contribution in [1.29, 1.82) is 0 Å². The van der Waals surface area contributed by atoms with Crippen LogP contribution in [0.25, 0.3) is 0 Å². The Labute approximate surface area is 122 Å². The molecule has 6 heteroatoms. The molecule has 0 aliphatic carbocycles. The summed E-state index contributed by atoms with van der Waals surface area (Å²) < 4.78 is 5.71. The van der Waals surface area contributed by atoms with Gasteiger partial charge in [-0.05, 0) is 29.8 Å². The summed E-state index contributed by atoms with van der Waals surface area (Å²) in [6.45, 7) is 2.28. The number of aryl methyl sites for hydroxylation is 2. The predicted molar refractivity (Wildman–Crippen MR) is 76.5 cm³/mol. The molecule has 0 fully saturated rings. The van der Waals surface area contributed by atoms with E-state index in [9.17, 15) is 0 Å². The molecule has 0 N–H and O–H groups in total. The summed E-state index contributed by atoms with van der Waals surface area (Å²) in [6, 6.07) is 5.86. The summed E-state index contributed by atoms with van der Waals surface area (Å²) >= 11 is 5.62. The predicted octanol–water partition coefficient (Wildman–Crippen LogP) is 2.08. The molecule has 0 aliphatic rings. The quantitative estimate of drug-likeness (QED) is 0.639. The fraction of sp³-hybridized carbons (Fsp3) is 0.357. The molecule has 104 valence electrons. The summed E-state index contributed by atoms with van der Waals surface area (Å²) in [6.07, 6.45) is 0.653. The average molecular weight is 291 g/mol. The standard InChI is InChI=1S/C14H15ClN4O/c1-11-6-7-13(12(9-11)5-3-4-8-15)20-10-14-16-18-19(2)17-14/h6-7,9H,4,8,10H2,1-2H3. The highest BCUT2D eigenvalue weighted by atomic mass is 35.5. The van der Waals surface area contributed by atoms with E-state index >= 15 is 0 Å². The van der Waals surface area contributed by atoms with Crippen molar-refractivity contribution in [3.8, 4) is 17.6 Å². The van der Waals surface area contributed by atoms with Crippen LogP contribution < -0.4 is 4.74 Å². The van der Waals surface area contributed by atoms with Crippen molar-refractivity contribution in [2.45, 2.75) is 20.0 Å². The number of hydrogen-bond acceptors (Lipinski definition) is 4. The van der Waals surface area contributed by atoms with Gasteiger partial charge in [0.05, 0.1) is 12.6 Å². The molecule has 5 nitrogen and oxygen atoms in total. The fourth-order valence-corrected chi connectivity index (χ4v) is 1.69. The van der Waals surface area contributed by atoms with Crippen LogP contribution in [-0.4, -0.2) is 26.1 Å². The minimum absolute atomic E-state index is 0.265. The smallest absolute Gasteiger partial charge is 0.212 e. The van der Waals surface area contributed by atoms with Gasteiger partial charge < -0.3 is 4.74 Å². The van der Waals surface area contributed by atoms with Gasteiger partial charge >= 0.3 is 0 Å². The van der Waals surface area contributed by atoms with Gasteiger partial charge in [-0.1, -0.05) is 17.9 Å². The first-order valence-corrected chi connectivity index (χ1v) is 6.73. The summed E-state index contributed by atoms with van der Waals surface area (Å²) in [7, 11) is 1.71. The van der Waals surface area contributed by atoms with Crippen molar-refractivity contribution in [1.82, 2.24) is 20.2 Å². The van der Waals surface area contributed by atoms with E-state index in [1.54, 1.807) is 7.05 Å². The average Bonchev–Trinajstić information content (AvgIpc) is 2.84. The van der Waals surface area contributed by atoms with Crippen molar-refractivity contribution >= 4 is 11.6 Å². The molecule has 0 amide bonds. The molecule has 0 atom stereocenters. The van der Waals surface area contributed by atoms with E-state index in [4.69, 9.17) is 16.3 Å². The van der Waals surface area contributed by atoms with Gasteiger partial charge in [0.1, 0.15) is 5.75 Å². The molecule has 0 aliphatic heterocycles. The normalized spacial score (nSPS) is 9.95. The minimum atomic E-state index is 0.265. The molecule has 0 spiro atoms. The number of halogens is 1. The van der Waals surface area contributed by atoms with Gasteiger partial charge in [-0.3, -0.25) is 0 Å². The Kier molecular flexibility index (Phi) is 4.97. The van der Waals surface area contributed by atoms with E-state index in [0.717, 1.165) is 11.1 Å². The largest absolute Gasteiger partial charge is 0.484 e. The van der Waals surface area contributed by atoms with Gasteiger partial charge in [0, 0.05) is 12.3 Å².